The van der Waals surface area contributed by atoms with Gasteiger partial charge in [0.2, 0.25) is 11.9 Å². The van der Waals surface area contributed by atoms with E-state index in [1.165, 1.54) is 29.3 Å². The number of nitriles is 1. The van der Waals surface area contributed by atoms with E-state index in [0.29, 0.717) is 25.7 Å². The zero-order chi connectivity index (χ0) is 26.9. The van der Waals surface area contributed by atoms with Crippen molar-refractivity contribution in [3.63, 3.8) is 0 Å². The molecule has 2 saturated heterocycles. The van der Waals surface area contributed by atoms with Gasteiger partial charge in [0.25, 0.3) is 0 Å². The SMILES string of the molecule is C=CC(=O)N1CCN(c2nc(N3CCC(N)C3)nc3c2CCC(N2CCCc4ccccc42)C3)CC1CC#N. The van der Waals surface area contributed by atoms with Crippen LogP contribution in [0.15, 0.2) is 36.9 Å². The molecule has 1 aliphatic carbocycles. The van der Waals surface area contributed by atoms with Crippen LogP contribution in [0, 0.1) is 11.3 Å². The van der Waals surface area contributed by atoms with Crippen molar-refractivity contribution in [2.45, 2.75) is 63.1 Å². The average molecular weight is 527 g/mol. The fraction of sp³-hybridized carbons (Fsp3) is 0.533. The predicted octanol–water partition coefficient (Wildman–Crippen LogP) is 2.44. The number of nitrogens with two attached hydrogens (primary N) is 1. The standard InChI is InChI=1S/C30H38N8O/c1-2-28(39)38-17-16-35(20-24(38)11-13-31)29-25-10-9-23(37-14-5-7-21-6-3-4-8-27(21)37)18-26(25)33-30(34-29)36-15-12-22(32)19-36/h2-4,6,8,22-24H,1,5,7,9-12,14-20,32H2. The number of piperazine rings is 1. The second kappa shape index (κ2) is 10.9. The molecular formula is C30H38N8O. The van der Waals surface area contributed by atoms with E-state index in [1.807, 2.05) is 0 Å². The fourth-order valence-electron chi connectivity index (χ4n) is 6.88. The quantitative estimate of drug-likeness (QED) is 0.593. The Morgan fingerprint density at radius 3 is 2.77 bits per heavy atom. The van der Waals surface area contributed by atoms with Crippen molar-refractivity contribution in [2.75, 3.05) is 54.0 Å². The molecule has 9 heteroatoms. The Kier molecular flexibility index (Phi) is 7.13. The van der Waals surface area contributed by atoms with Gasteiger partial charge in [-0.3, -0.25) is 4.79 Å². The number of carbonyl (C=O) groups is 1. The molecule has 0 saturated carbocycles. The number of nitrogens with zero attached hydrogens (tertiary/aromatic N) is 7. The monoisotopic (exact) mass is 526 g/mol. The van der Waals surface area contributed by atoms with Crippen molar-refractivity contribution >= 4 is 23.4 Å². The van der Waals surface area contributed by atoms with Gasteiger partial charge in [-0.15, -0.1) is 0 Å². The lowest BCUT2D eigenvalue weighted by atomic mass is 9.88. The summed E-state index contributed by atoms with van der Waals surface area (Å²) in [4.78, 5) is 31.7. The first-order valence-corrected chi connectivity index (χ1v) is 14.4. The molecule has 2 fully saturated rings. The number of aryl methyl sites for hydroxylation is 1. The summed E-state index contributed by atoms with van der Waals surface area (Å²) in [6.45, 7) is 8.17. The summed E-state index contributed by atoms with van der Waals surface area (Å²) in [5.41, 5.74) is 11.4. The van der Waals surface area contributed by atoms with E-state index in [-0.39, 0.29) is 24.4 Å². The maximum absolute atomic E-state index is 12.5. The number of para-hydroxylation sites is 1. The molecule has 1 aromatic heterocycles. The molecule has 2 aromatic rings. The first-order chi connectivity index (χ1) is 19.1. The molecule has 39 heavy (non-hydrogen) atoms. The van der Waals surface area contributed by atoms with E-state index < -0.39 is 0 Å². The topological polar surface area (TPSA) is 106 Å². The van der Waals surface area contributed by atoms with Crippen LogP contribution in [0.3, 0.4) is 0 Å². The normalized spacial score (nSPS) is 24.7. The highest BCUT2D eigenvalue weighted by molar-refractivity contribution is 5.87. The zero-order valence-electron chi connectivity index (χ0n) is 22.6. The smallest absolute Gasteiger partial charge is 0.246 e. The van der Waals surface area contributed by atoms with Gasteiger partial charge in [-0.05, 0) is 49.8 Å². The average Bonchev–Trinajstić information content (AvgIpc) is 3.42. The van der Waals surface area contributed by atoms with E-state index in [1.54, 1.807) is 4.90 Å². The Morgan fingerprint density at radius 1 is 1.10 bits per heavy atom. The minimum absolute atomic E-state index is 0.115. The first-order valence-electron chi connectivity index (χ1n) is 14.4. The molecule has 1 aromatic carbocycles. The molecule has 4 heterocycles. The van der Waals surface area contributed by atoms with Crippen LogP contribution in [0.1, 0.15) is 42.5 Å². The van der Waals surface area contributed by atoms with E-state index in [9.17, 15) is 10.1 Å². The van der Waals surface area contributed by atoms with Crippen LogP contribution in [-0.2, 0) is 24.1 Å². The molecule has 6 rings (SSSR count). The Hall–Kier alpha value is -3.64. The number of amides is 1. The highest BCUT2D eigenvalue weighted by atomic mass is 16.2. The van der Waals surface area contributed by atoms with Crippen LogP contribution in [0.25, 0.3) is 0 Å². The maximum atomic E-state index is 12.5. The summed E-state index contributed by atoms with van der Waals surface area (Å²) in [6.07, 6.45) is 7.77. The first kappa shape index (κ1) is 25.6. The fourth-order valence-corrected chi connectivity index (χ4v) is 6.88. The lowest BCUT2D eigenvalue weighted by molar-refractivity contribution is -0.128. The largest absolute Gasteiger partial charge is 0.368 e. The van der Waals surface area contributed by atoms with Gasteiger partial charge in [0.05, 0.1) is 24.2 Å². The van der Waals surface area contributed by atoms with E-state index in [2.05, 4.69) is 51.6 Å². The van der Waals surface area contributed by atoms with Gasteiger partial charge >= 0.3 is 0 Å². The van der Waals surface area contributed by atoms with Crippen LogP contribution in [0.4, 0.5) is 17.5 Å². The Labute approximate surface area is 230 Å². The third kappa shape index (κ3) is 4.94. The minimum atomic E-state index is -0.190. The number of rotatable bonds is 5. The lowest BCUT2D eigenvalue weighted by Crippen LogP contribution is -2.55. The van der Waals surface area contributed by atoms with E-state index in [0.717, 1.165) is 69.2 Å². The van der Waals surface area contributed by atoms with Crippen molar-refractivity contribution in [2.24, 2.45) is 5.73 Å². The Morgan fingerprint density at radius 2 is 1.97 bits per heavy atom. The molecule has 3 unspecified atom stereocenters. The van der Waals surface area contributed by atoms with Crippen molar-refractivity contribution in [3.05, 3.63) is 53.7 Å². The van der Waals surface area contributed by atoms with Crippen molar-refractivity contribution in [1.29, 1.82) is 5.26 Å². The highest BCUT2D eigenvalue weighted by Crippen LogP contribution is 2.37. The van der Waals surface area contributed by atoms with Crippen LogP contribution >= 0.6 is 0 Å². The molecule has 1 amide bonds. The Balaban J connectivity index is 1.33. The third-order valence-corrected chi connectivity index (χ3v) is 8.88. The summed E-state index contributed by atoms with van der Waals surface area (Å²) < 4.78 is 0. The zero-order valence-corrected chi connectivity index (χ0v) is 22.6. The van der Waals surface area contributed by atoms with Crippen molar-refractivity contribution in [1.82, 2.24) is 14.9 Å². The van der Waals surface area contributed by atoms with Crippen molar-refractivity contribution < 1.29 is 4.79 Å². The number of fused-ring (bicyclic) bond motifs is 2. The number of hydrogen-bond donors (Lipinski definition) is 1. The maximum Gasteiger partial charge on any atom is 0.246 e. The minimum Gasteiger partial charge on any atom is -0.368 e. The molecule has 0 radical (unpaired) electrons. The molecule has 3 atom stereocenters. The van der Waals surface area contributed by atoms with Crippen LogP contribution in [0.5, 0.6) is 0 Å². The van der Waals surface area contributed by atoms with Gasteiger partial charge in [0.1, 0.15) is 5.82 Å². The number of anilines is 3. The molecular weight excluding hydrogens is 488 g/mol. The summed E-state index contributed by atoms with van der Waals surface area (Å²) >= 11 is 0. The van der Waals surface area contributed by atoms with Gasteiger partial charge in [-0.25, -0.2) is 4.98 Å². The molecule has 0 spiro atoms. The Bertz CT molecular complexity index is 1290. The van der Waals surface area contributed by atoms with Gasteiger partial charge in [-0.2, -0.15) is 10.2 Å². The summed E-state index contributed by atoms with van der Waals surface area (Å²) in [5, 5.41) is 9.49. The van der Waals surface area contributed by atoms with Gasteiger partial charge < -0.3 is 25.3 Å². The molecule has 2 N–H and O–H groups in total. The molecule has 204 valence electrons. The number of carbonyl (C=O) groups excluding carboxylic acids is 1. The molecule has 4 aliphatic rings. The van der Waals surface area contributed by atoms with Crippen LogP contribution < -0.4 is 20.4 Å². The summed E-state index contributed by atoms with van der Waals surface area (Å²) in [5.74, 6) is 1.62. The van der Waals surface area contributed by atoms with E-state index in [4.69, 9.17) is 15.7 Å². The van der Waals surface area contributed by atoms with Gasteiger partial charge in [0, 0.05) is 69.0 Å². The third-order valence-electron chi connectivity index (χ3n) is 8.88. The van der Waals surface area contributed by atoms with Gasteiger partial charge in [-0.1, -0.05) is 24.8 Å². The van der Waals surface area contributed by atoms with Crippen LogP contribution in [-0.4, -0.2) is 78.2 Å². The molecule has 0 bridgehead atoms. The number of aromatic nitrogens is 2. The second-order valence-corrected chi connectivity index (χ2v) is 11.3. The van der Waals surface area contributed by atoms with Crippen molar-refractivity contribution in [3.8, 4) is 6.07 Å². The number of benzene rings is 1. The molecule has 3 aliphatic heterocycles. The lowest BCUT2D eigenvalue weighted by Gasteiger charge is -2.43. The van der Waals surface area contributed by atoms with E-state index >= 15 is 0 Å². The molecule has 9 nitrogen and oxygen atoms in total. The second-order valence-electron chi connectivity index (χ2n) is 11.3. The predicted molar refractivity (Wildman–Crippen MR) is 153 cm³/mol. The summed E-state index contributed by atoms with van der Waals surface area (Å²) in [7, 11) is 0. The summed E-state index contributed by atoms with van der Waals surface area (Å²) in [6, 6.07) is 11.5. The van der Waals surface area contributed by atoms with Crippen LogP contribution in [0.2, 0.25) is 0 Å². The highest BCUT2D eigenvalue weighted by Gasteiger charge is 2.36. The van der Waals surface area contributed by atoms with Gasteiger partial charge in [0.15, 0.2) is 0 Å². The number of hydrogen-bond acceptors (Lipinski definition) is 8.